The molecule has 0 aliphatic heterocycles. The number of nitrogens with zero attached hydrogens (tertiary/aromatic N) is 9. The molecule has 0 saturated heterocycles. The number of nitrogens with two attached hydrogens (primary N) is 3. The Kier molecular flexibility index (Phi) is 5.05. The zero-order valence-electron chi connectivity index (χ0n) is 19.0. The summed E-state index contributed by atoms with van der Waals surface area (Å²) in [6.45, 7) is 4.04. The summed E-state index contributed by atoms with van der Waals surface area (Å²) in [5.74, 6) is 0.249. The highest BCUT2D eigenvalue weighted by molar-refractivity contribution is 7.22. The Hall–Kier alpha value is -4.56. The fraction of sp³-hybridized carbons (Fsp3) is 0.0909. The summed E-state index contributed by atoms with van der Waals surface area (Å²) in [5.41, 5.74) is 23.2. The lowest BCUT2D eigenvalue weighted by Crippen LogP contribution is -2.04. The first-order valence-electron chi connectivity index (χ1n) is 10.7. The first kappa shape index (κ1) is 21.9. The minimum absolute atomic E-state index is 0.0486. The second-order valence-electron chi connectivity index (χ2n) is 8.04. The van der Waals surface area contributed by atoms with Crippen LogP contribution in [0.1, 0.15) is 11.1 Å². The molecule has 2 aromatic carbocycles. The Morgan fingerprint density at radius 2 is 1.25 bits per heavy atom. The zero-order chi connectivity index (χ0) is 25.0. The van der Waals surface area contributed by atoms with E-state index in [0.29, 0.717) is 10.3 Å². The van der Waals surface area contributed by atoms with E-state index in [1.165, 1.54) is 27.2 Å². The Bertz CT molecular complexity index is 1860. The first-order valence-corrected chi connectivity index (χ1v) is 12.3. The highest BCUT2D eigenvalue weighted by atomic mass is 32.1. The smallest absolute Gasteiger partial charge is 0.231 e. The number of rotatable bonds is 4. The number of nitrogen functional groups attached to an aromatic ring is 3. The number of hydrogen-bond donors (Lipinski definition) is 3. The SMILES string of the molecule is Cc1ccc2nc(N=Nc3c(N)nc4c(N=Nc5nc6ccc(C)cc6s5)c(N)nn4c3N)sc2c1. The van der Waals surface area contributed by atoms with Crippen LogP contribution in [0.25, 0.3) is 26.1 Å². The Balaban J connectivity index is 1.36. The van der Waals surface area contributed by atoms with Gasteiger partial charge < -0.3 is 17.2 Å². The fourth-order valence-corrected chi connectivity index (χ4v) is 5.36. The van der Waals surface area contributed by atoms with Gasteiger partial charge >= 0.3 is 0 Å². The molecule has 36 heavy (non-hydrogen) atoms. The molecule has 0 radical (unpaired) electrons. The minimum Gasteiger partial charge on any atom is -0.382 e. The standard InChI is InChI=1S/C22H18N12S2/c1-9-3-5-11-13(7-9)35-21(26-11)31-29-15-17(23)28-20-16(18(24)33-34(20)19(15)25)30-32-22-27-12-6-4-10(2)8-14(12)36-22/h3-8H,25H2,1-2H3,(H2,23,28)(H2,24,33). The molecule has 0 atom stereocenters. The van der Waals surface area contributed by atoms with E-state index in [1.54, 1.807) is 0 Å². The second-order valence-corrected chi connectivity index (χ2v) is 10.1. The van der Waals surface area contributed by atoms with Crippen molar-refractivity contribution in [3.05, 3.63) is 47.5 Å². The summed E-state index contributed by atoms with van der Waals surface area (Å²) in [5, 5.41) is 22.1. The monoisotopic (exact) mass is 514 g/mol. The van der Waals surface area contributed by atoms with E-state index in [2.05, 4.69) is 40.5 Å². The average molecular weight is 515 g/mol. The number of hydrogen-bond acceptors (Lipinski definition) is 13. The van der Waals surface area contributed by atoms with Crippen molar-refractivity contribution in [1.82, 2.24) is 24.6 Å². The van der Waals surface area contributed by atoms with Crippen LogP contribution in [0.2, 0.25) is 0 Å². The number of fused-ring (bicyclic) bond motifs is 3. The molecule has 14 heteroatoms. The quantitative estimate of drug-likeness (QED) is 0.236. The van der Waals surface area contributed by atoms with Crippen molar-refractivity contribution >= 4 is 87.8 Å². The lowest BCUT2D eigenvalue weighted by molar-refractivity contribution is 0.955. The first-order chi connectivity index (χ1) is 17.4. The zero-order valence-corrected chi connectivity index (χ0v) is 20.7. The number of anilines is 3. The van der Waals surface area contributed by atoms with Crippen LogP contribution in [0, 0.1) is 13.8 Å². The van der Waals surface area contributed by atoms with E-state index in [4.69, 9.17) is 17.2 Å². The van der Waals surface area contributed by atoms with Gasteiger partial charge in [-0.3, -0.25) is 0 Å². The van der Waals surface area contributed by atoms with E-state index in [9.17, 15) is 0 Å². The molecule has 0 spiro atoms. The van der Waals surface area contributed by atoms with Crippen LogP contribution >= 0.6 is 22.7 Å². The van der Waals surface area contributed by atoms with Crippen molar-refractivity contribution in [2.24, 2.45) is 20.5 Å². The molecule has 12 nitrogen and oxygen atoms in total. The van der Waals surface area contributed by atoms with Crippen LogP contribution in [-0.4, -0.2) is 24.6 Å². The normalized spacial score (nSPS) is 12.3. The van der Waals surface area contributed by atoms with E-state index in [1.807, 2.05) is 50.2 Å². The van der Waals surface area contributed by atoms with Crippen molar-refractivity contribution < 1.29 is 0 Å². The van der Waals surface area contributed by atoms with Gasteiger partial charge in [0.05, 0.1) is 20.4 Å². The van der Waals surface area contributed by atoms with Crippen molar-refractivity contribution in [3.8, 4) is 0 Å². The van der Waals surface area contributed by atoms with Gasteiger partial charge in [-0.15, -0.1) is 25.6 Å². The lowest BCUT2D eigenvalue weighted by Gasteiger charge is -2.04. The van der Waals surface area contributed by atoms with Gasteiger partial charge in [-0.05, 0) is 49.2 Å². The van der Waals surface area contributed by atoms with E-state index in [-0.39, 0.29) is 34.5 Å². The molecule has 6 rings (SSSR count). The van der Waals surface area contributed by atoms with Crippen LogP contribution in [0.5, 0.6) is 0 Å². The number of thiazole rings is 2. The summed E-state index contributed by atoms with van der Waals surface area (Å²) >= 11 is 2.83. The Morgan fingerprint density at radius 3 is 1.83 bits per heavy atom. The number of azo groups is 2. The van der Waals surface area contributed by atoms with Crippen LogP contribution < -0.4 is 17.2 Å². The minimum atomic E-state index is 0.0486. The van der Waals surface area contributed by atoms with Gasteiger partial charge in [-0.2, -0.15) is 4.52 Å². The van der Waals surface area contributed by atoms with Crippen molar-refractivity contribution in [1.29, 1.82) is 0 Å². The van der Waals surface area contributed by atoms with Gasteiger partial charge in [-0.25, -0.2) is 15.0 Å². The van der Waals surface area contributed by atoms with Gasteiger partial charge in [0.2, 0.25) is 10.3 Å². The highest BCUT2D eigenvalue weighted by Gasteiger charge is 2.19. The summed E-state index contributed by atoms with van der Waals surface area (Å²) < 4.78 is 3.34. The predicted molar refractivity (Wildman–Crippen MR) is 143 cm³/mol. The van der Waals surface area contributed by atoms with Gasteiger partial charge in [-0.1, -0.05) is 34.8 Å². The highest BCUT2D eigenvalue weighted by Crippen LogP contribution is 2.38. The third-order valence-electron chi connectivity index (χ3n) is 5.34. The molecular formula is C22H18N12S2. The van der Waals surface area contributed by atoms with Gasteiger partial charge in [0, 0.05) is 0 Å². The molecule has 4 heterocycles. The molecule has 0 bridgehead atoms. The number of benzene rings is 2. The van der Waals surface area contributed by atoms with Crippen LogP contribution in [-0.2, 0) is 0 Å². The topological polar surface area (TPSA) is 183 Å². The molecular weight excluding hydrogens is 496 g/mol. The summed E-state index contributed by atoms with van der Waals surface area (Å²) in [7, 11) is 0. The molecule has 0 aliphatic carbocycles. The van der Waals surface area contributed by atoms with Gasteiger partial charge in [0.25, 0.3) is 0 Å². The molecule has 0 aliphatic rings. The number of aryl methyl sites for hydroxylation is 2. The van der Waals surface area contributed by atoms with E-state index < -0.39 is 0 Å². The van der Waals surface area contributed by atoms with Crippen LogP contribution in [0.3, 0.4) is 0 Å². The molecule has 4 aromatic heterocycles. The van der Waals surface area contributed by atoms with Crippen molar-refractivity contribution in [3.63, 3.8) is 0 Å². The molecule has 0 unspecified atom stereocenters. The third-order valence-corrected chi connectivity index (χ3v) is 7.14. The molecule has 0 amide bonds. The number of aromatic nitrogens is 5. The maximum absolute atomic E-state index is 6.31. The fourth-order valence-electron chi connectivity index (χ4n) is 3.59. The molecule has 178 valence electrons. The summed E-state index contributed by atoms with van der Waals surface area (Å²) in [4.78, 5) is 13.3. The molecule has 6 N–H and O–H groups in total. The van der Waals surface area contributed by atoms with Gasteiger partial charge in [0.15, 0.2) is 34.5 Å². The second kappa shape index (κ2) is 8.28. The molecule has 6 aromatic rings. The molecule has 0 fully saturated rings. The predicted octanol–water partition coefficient (Wildman–Crippen LogP) is 6.14. The largest absolute Gasteiger partial charge is 0.382 e. The van der Waals surface area contributed by atoms with Crippen molar-refractivity contribution in [2.45, 2.75) is 13.8 Å². The maximum atomic E-state index is 6.31. The van der Waals surface area contributed by atoms with Crippen molar-refractivity contribution in [2.75, 3.05) is 17.2 Å². The van der Waals surface area contributed by atoms with Crippen LogP contribution in [0.15, 0.2) is 56.9 Å². The molecule has 0 saturated carbocycles. The summed E-state index contributed by atoms with van der Waals surface area (Å²) in [6, 6.07) is 12.0. The third kappa shape index (κ3) is 3.77. The maximum Gasteiger partial charge on any atom is 0.231 e. The van der Waals surface area contributed by atoms with Gasteiger partial charge in [0.1, 0.15) is 0 Å². The Morgan fingerprint density at radius 1 is 0.694 bits per heavy atom. The van der Waals surface area contributed by atoms with Crippen LogP contribution in [0.4, 0.5) is 39.1 Å². The van der Waals surface area contributed by atoms with E-state index >= 15 is 0 Å². The average Bonchev–Trinajstić information content (AvgIpc) is 3.51. The summed E-state index contributed by atoms with van der Waals surface area (Å²) in [6.07, 6.45) is 0. The Labute approximate surface area is 211 Å². The lowest BCUT2D eigenvalue weighted by atomic mass is 10.2. The van der Waals surface area contributed by atoms with E-state index in [0.717, 1.165) is 31.6 Å².